The highest BCUT2D eigenvalue weighted by Gasteiger charge is 2.27. The number of carbonyl (C=O) groups excluding carboxylic acids is 1. The van der Waals surface area contributed by atoms with Crippen LogP contribution in [0.3, 0.4) is 0 Å². The van der Waals surface area contributed by atoms with Crippen LogP contribution in [0.15, 0.2) is 18.2 Å². The molecule has 0 aliphatic carbocycles. The second-order valence-corrected chi connectivity index (χ2v) is 12.0. The van der Waals surface area contributed by atoms with Crippen molar-refractivity contribution >= 4 is 38.7 Å². The lowest BCUT2D eigenvalue weighted by Crippen LogP contribution is -2.34. The zero-order valence-corrected chi connectivity index (χ0v) is 21.5. The Bertz CT molecular complexity index is 1170. The summed E-state index contributed by atoms with van der Waals surface area (Å²) >= 11 is 3.69. The molecule has 176 valence electrons. The monoisotopic (exact) mass is 484 g/mol. The number of hydrogen-bond acceptors (Lipinski definition) is 4. The summed E-state index contributed by atoms with van der Waals surface area (Å²) < 4.78 is 14.7. The summed E-state index contributed by atoms with van der Waals surface area (Å²) in [4.78, 5) is 20.7. The molecule has 3 nitrogen and oxygen atoms in total. The van der Waals surface area contributed by atoms with Crippen molar-refractivity contribution in [3.8, 4) is 0 Å². The van der Waals surface area contributed by atoms with Crippen LogP contribution in [0.4, 0.5) is 4.39 Å². The van der Waals surface area contributed by atoms with Gasteiger partial charge in [-0.25, -0.2) is 4.39 Å². The summed E-state index contributed by atoms with van der Waals surface area (Å²) in [6, 6.07) is 5.27. The number of piperidine rings is 1. The molecule has 3 aromatic rings. The maximum absolute atomic E-state index is 13.7. The Hall–Kier alpha value is -1.76. The largest absolute Gasteiger partial charge is 0.337 e. The minimum Gasteiger partial charge on any atom is -0.337 e. The van der Waals surface area contributed by atoms with Crippen molar-refractivity contribution in [1.29, 1.82) is 0 Å². The number of benzene rings is 1. The fourth-order valence-electron chi connectivity index (χ4n) is 5.83. The first kappa shape index (κ1) is 23.0. The summed E-state index contributed by atoms with van der Waals surface area (Å²) in [5.41, 5.74) is 4.55. The van der Waals surface area contributed by atoms with Gasteiger partial charge in [0, 0.05) is 39.3 Å². The Labute approximate surface area is 204 Å². The van der Waals surface area contributed by atoms with Gasteiger partial charge in [-0.2, -0.15) is 0 Å². The number of aryl methyl sites for hydroxylation is 1. The van der Waals surface area contributed by atoms with Crippen molar-refractivity contribution in [3.63, 3.8) is 0 Å². The van der Waals surface area contributed by atoms with Crippen molar-refractivity contribution in [2.24, 2.45) is 0 Å². The minimum atomic E-state index is -0.138. The molecule has 6 heteroatoms. The van der Waals surface area contributed by atoms with Crippen LogP contribution in [-0.2, 0) is 30.6 Å². The predicted molar refractivity (Wildman–Crippen MR) is 137 cm³/mol. The fourth-order valence-corrected chi connectivity index (χ4v) is 8.46. The summed E-state index contributed by atoms with van der Waals surface area (Å²) in [5, 5.41) is 1.26. The van der Waals surface area contributed by atoms with E-state index in [0.717, 1.165) is 56.7 Å². The van der Waals surface area contributed by atoms with E-state index in [-0.39, 0.29) is 11.7 Å². The van der Waals surface area contributed by atoms with Crippen molar-refractivity contribution in [1.82, 2.24) is 9.80 Å². The van der Waals surface area contributed by atoms with Crippen LogP contribution in [-0.4, -0.2) is 41.9 Å². The van der Waals surface area contributed by atoms with E-state index >= 15 is 0 Å². The lowest BCUT2D eigenvalue weighted by atomic mass is 9.87. The molecule has 2 aliphatic heterocycles. The molecule has 2 aliphatic rings. The number of halogens is 1. The lowest BCUT2D eigenvalue weighted by molar-refractivity contribution is -0.129. The van der Waals surface area contributed by atoms with E-state index in [1.165, 1.54) is 44.0 Å². The molecule has 1 saturated heterocycles. The van der Waals surface area contributed by atoms with Crippen molar-refractivity contribution < 1.29 is 9.18 Å². The summed E-state index contributed by atoms with van der Waals surface area (Å²) in [6.45, 7) is 11.2. The molecule has 0 radical (unpaired) electrons. The number of fused-ring (bicyclic) bond motifs is 2. The molecule has 0 unspecified atom stereocenters. The summed E-state index contributed by atoms with van der Waals surface area (Å²) in [5.74, 6) is 0.634. The Morgan fingerprint density at radius 1 is 1.18 bits per heavy atom. The third-order valence-electron chi connectivity index (χ3n) is 7.58. The number of rotatable bonds is 5. The molecule has 33 heavy (non-hydrogen) atoms. The number of likely N-dealkylation sites (tertiary alicyclic amines) is 1. The highest BCUT2D eigenvalue weighted by Crippen LogP contribution is 2.40. The predicted octanol–water partition coefficient (Wildman–Crippen LogP) is 6.30. The van der Waals surface area contributed by atoms with Gasteiger partial charge in [0.15, 0.2) is 0 Å². The Morgan fingerprint density at radius 2 is 1.97 bits per heavy atom. The first-order chi connectivity index (χ1) is 15.9. The van der Waals surface area contributed by atoms with E-state index in [1.54, 1.807) is 36.0 Å². The second kappa shape index (κ2) is 9.47. The molecule has 1 aromatic carbocycles. The fraction of sp³-hybridized carbons (Fsp3) is 0.519. The van der Waals surface area contributed by atoms with Gasteiger partial charge in [0.1, 0.15) is 5.82 Å². The van der Waals surface area contributed by atoms with E-state index < -0.39 is 0 Å². The van der Waals surface area contributed by atoms with E-state index in [2.05, 4.69) is 18.7 Å². The Balaban J connectivity index is 1.22. The highest BCUT2D eigenvalue weighted by atomic mass is 32.1. The molecule has 0 atom stereocenters. The maximum Gasteiger partial charge on any atom is 0.219 e. The molecule has 1 fully saturated rings. The summed E-state index contributed by atoms with van der Waals surface area (Å²) in [7, 11) is 0. The van der Waals surface area contributed by atoms with E-state index in [9.17, 15) is 9.18 Å². The molecule has 4 heterocycles. The Morgan fingerprint density at radius 3 is 2.70 bits per heavy atom. The normalized spacial score (nSPS) is 17.6. The van der Waals surface area contributed by atoms with E-state index in [0.29, 0.717) is 5.92 Å². The van der Waals surface area contributed by atoms with Crippen LogP contribution in [0.2, 0.25) is 0 Å². The molecule has 2 aromatic heterocycles. The molecule has 0 spiro atoms. The maximum atomic E-state index is 13.7. The summed E-state index contributed by atoms with van der Waals surface area (Å²) in [6.07, 6.45) is 5.58. The molecular formula is C27H33FN2OS2. The van der Waals surface area contributed by atoms with Gasteiger partial charge in [0.25, 0.3) is 0 Å². The van der Waals surface area contributed by atoms with Gasteiger partial charge in [-0.3, -0.25) is 4.79 Å². The zero-order valence-electron chi connectivity index (χ0n) is 19.9. The third kappa shape index (κ3) is 4.50. The standard InChI is InChI=1S/C27H33FN2OS2/c1-4-21-22-9-14-30(18(3)31)16-26(22)33-24(21)10-13-29-11-7-19(8-12-29)27-17(2)32-25-15-20(28)5-6-23(25)27/h5-6,15,19H,4,7-14,16H2,1-3H3. The lowest BCUT2D eigenvalue weighted by Gasteiger charge is -2.32. The molecule has 0 saturated carbocycles. The quantitative estimate of drug-likeness (QED) is 0.424. The van der Waals surface area contributed by atoms with Gasteiger partial charge < -0.3 is 9.80 Å². The van der Waals surface area contributed by atoms with Crippen LogP contribution >= 0.6 is 22.7 Å². The van der Waals surface area contributed by atoms with Crippen molar-refractivity contribution in [2.75, 3.05) is 26.2 Å². The minimum absolute atomic E-state index is 0.138. The van der Waals surface area contributed by atoms with Crippen LogP contribution < -0.4 is 0 Å². The van der Waals surface area contributed by atoms with Gasteiger partial charge in [-0.05, 0) is 92.2 Å². The second-order valence-electron chi connectivity index (χ2n) is 9.53. The van der Waals surface area contributed by atoms with Crippen LogP contribution in [0.1, 0.15) is 63.9 Å². The number of amides is 1. The molecule has 1 amide bonds. The van der Waals surface area contributed by atoms with Gasteiger partial charge in [0.2, 0.25) is 5.91 Å². The number of nitrogens with zero attached hydrogens (tertiary/aromatic N) is 2. The average molecular weight is 485 g/mol. The first-order valence-corrected chi connectivity index (χ1v) is 13.9. The SMILES string of the molecule is CCc1c(CCN2CCC(c3c(C)sc4cc(F)ccc34)CC2)sc2c1CCN(C(C)=O)C2. The number of thiophene rings is 2. The molecule has 0 N–H and O–H groups in total. The van der Waals surface area contributed by atoms with E-state index in [1.807, 2.05) is 22.3 Å². The van der Waals surface area contributed by atoms with Crippen molar-refractivity contribution in [3.05, 3.63) is 55.3 Å². The van der Waals surface area contributed by atoms with Gasteiger partial charge in [0.05, 0.1) is 6.54 Å². The van der Waals surface area contributed by atoms with Gasteiger partial charge in [-0.1, -0.05) is 13.0 Å². The van der Waals surface area contributed by atoms with Crippen LogP contribution in [0.5, 0.6) is 0 Å². The van der Waals surface area contributed by atoms with Gasteiger partial charge in [-0.15, -0.1) is 22.7 Å². The van der Waals surface area contributed by atoms with Gasteiger partial charge >= 0.3 is 0 Å². The van der Waals surface area contributed by atoms with Crippen molar-refractivity contribution in [2.45, 2.75) is 65.3 Å². The third-order valence-corrected chi connectivity index (χ3v) is 9.98. The zero-order chi connectivity index (χ0) is 23.1. The smallest absolute Gasteiger partial charge is 0.219 e. The van der Waals surface area contributed by atoms with Crippen LogP contribution in [0.25, 0.3) is 10.1 Å². The highest BCUT2D eigenvalue weighted by molar-refractivity contribution is 7.19. The van der Waals surface area contributed by atoms with E-state index in [4.69, 9.17) is 0 Å². The number of carbonyl (C=O) groups is 1. The van der Waals surface area contributed by atoms with Crippen LogP contribution in [0, 0.1) is 12.7 Å². The first-order valence-electron chi connectivity index (χ1n) is 12.2. The molecular weight excluding hydrogens is 451 g/mol. The number of hydrogen-bond donors (Lipinski definition) is 0. The topological polar surface area (TPSA) is 23.6 Å². The molecule has 5 rings (SSSR count). The molecule has 0 bridgehead atoms. The average Bonchev–Trinajstić information content (AvgIpc) is 3.32. The Kier molecular flexibility index (Phi) is 6.60.